The first-order valence-corrected chi connectivity index (χ1v) is 5.92. The number of aromatic nitrogens is 3. The Morgan fingerprint density at radius 3 is 2.94 bits per heavy atom. The van der Waals surface area contributed by atoms with Crippen LogP contribution in [0, 0.1) is 0 Å². The van der Waals surface area contributed by atoms with Crippen molar-refractivity contribution < 1.29 is 4.52 Å². The van der Waals surface area contributed by atoms with E-state index in [0.717, 1.165) is 34.7 Å². The lowest BCUT2D eigenvalue weighted by molar-refractivity contribution is 0.409. The average Bonchev–Trinajstić information content (AvgIpc) is 2.97. The van der Waals surface area contributed by atoms with E-state index in [1.165, 1.54) is 0 Å². The van der Waals surface area contributed by atoms with Crippen LogP contribution < -0.4 is 5.73 Å². The summed E-state index contributed by atoms with van der Waals surface area (Å²) in [5.41, 5.74) is 9.41. The van der Waals surface area contributed by atoms with Gasteiger partial charge in [0.25, 0.3) is 0 Å². The number of hydrogen-bond acceptors (Lipinski definition) is 4. The van der Waals surface area contributed by atoms with Gasteiger partial charge in [-0.2, -0.15) is 0 Å². The highest BCUT2D eigenvalue weighted by molar-refractivity contribution is 5.79. The lowest BCUT2D eigenvalue weighted by atomic mass is 10.3. The van der Waals surface area contributed by atoms with Crippen molar-refractivity contribution in [1.29, 1.82) is 0 Å². The van der Waals surface area contributed by atoms with Crippen molar-refractivity contribution >= 4 is 16.7 Å². The van der Waals surface area contributed by atoms with Crippen molar-refractivity contribution in [1.82, 2.24) is 14.7 Å². The highest BCUT2D eigenvalue weighted by Crippen LogP contribution is 2.20. The van der Waals surface area contributed by atoms with E-state index in [2.05, 4.69) is 21.6 Å². The topological polar surface area (TPSA) is 69.9 Å². The number of imidazole rings is 1. The molecule has 5 heteroatoms. The van der Waals surface area contributed by atoms with Crippen LogP contribution in [0.2, 0.25) is 0 Å². The monoisotopic (exact) mass is 242 g/mol. The molecule has 3 aromatic rings. The minimum atomic E-state index is 0.667. The van der Waals surface area contributed by atoms with E-state index in [9.17, 15) is 0 Å². The lowest BCUT2D eigenvalue weighted by Gasteiger charge is -2.05. The molecule has 0 spiro atoms. The molecule has 2 heterocycles. The Labute approximate surface area is 104 Å². The van der Waals surface area contributed by atoms with Crippen molar-refractivity contribution in [2.75, 3.05) is 5.73 Å². The van der Waals surface area contributed by atoms with Crippen molar-refractivity contribution in [3.05, 3.63) is 42.0 Å². The lowest BCUT2D eigenvalue weighted by Crippen LogP contribution is -2.04. The van der Waals surface area contributed by atoms with E-state index >= 15 is 0 Å². The van der Waals surface area contributed by atoms with Gasteiger partial charge < -0.3 is 14.8 Å². The summed E-state index contributed by atoms with van der Waals surface area (Å²) in [7, 11) is 0. The fourth-order valence-corrected chi connectivity index (χ4v) is 2.12. The van der Waals surface area contributed by atoms with Crippen LogP contribution in [-0.4, -0.2) is 14.7 Å². The Morgan fingerprint density at radius 2 is 2.22 bits per heavy atom. The van der Waals surface area contributed by atoms with Gasteiger partial charge in [0, 0.05) is 18.2 Å². The molecule has 5 nitrogen and oxygen atoms in total. The van der Waals surface area contributed by atoms with E-state index in [1.54, 1.807) is 6.26 Å². The Bertz CT molecular complexity index is 670. The predicted octanol–water partition coefficient (Wildman–Crippen LogP) is 2.22. The summed E-state index contributed by atoms with van der Waals surface area (Å²) in [6, 6.07) is 7.65. The van der Waals surface area contributed by atoms with E-state index in [-0.39, 0.29) is 0 Å². The van der Waals surface area contributed by atoms with Crippen LogP contribution in [0.15, 0.2) is 35.1 Å². The summed E-state index contributed by atoms with van der Waals surface area (Å²) >= 11 is 0. The zero-order chi connectivity index (χ0) is 12.5. The highest BCUT2D eigenvalue weighted by Gasteiger charge is 2.10. The van der Waals surface area contributed by atoms with Gasteiger partial charge in [0.1, 0.15) is 17.8 Å². The molecule has 0 aliphatic carbocycles. The van der Waals surface area contributed by atoms with E-state index in [4.69, 9.17) is 10.3 Å². The zero-order valence-corrected chi connectivity index (χ0v) is 10.1. The van der Waals surface area contributed by atoms with Gasteiger partial charge in [-0.1, -0.05) is 12.1 Å². The van der Waals surface area contributed by atoms with E-state index in [1.807, 2.05) is 24.3 Å². The summed E-state index contributed by atoms with van der Waals surface area (Å²) in [6.07, 6.45) is 2.45. The van der Waals surface area contributed by atoms with Gasteiger partial charge in [-0.3, -0.25) is 0 Å². The SMILES string of the molecule is CCc1nc2cc(N)ccc2n1Cc1ccon1. The van der Waals surface area contributed by atoms with Gasteiger partial charge in [-0.05, 0) is 18.2 Å². The third-order valence-electron chi connectivity index (χ3n) is 2.98. The third kappa shape index (κ3) is 1.73. The van der Waals surface area contributed by atoms with Crippen LogP contribution >= 0.6 is 0 Å². The maximum atomic E-state index is 5.78. The molecule has 0 saturated heterocycles. The van der Waals surface area contributed by atoms with Crippen LogP contribution in [0.1, 0.15) is 18.4 Å². The Morgan fingerprint density at radius 1 is 1.33 bits per heavy atom. The molecule has 3 rings (SSSR count). The second-order valence-corrected chi connectivity index (χ2v) is 4.21. The molecule has 0 amide bonds. The number of benzene rings is 1. The molecule has 0 aliphatic heterocycles. The molecular weight excluding hydrogens is 228 g/mol. The van der Waals surface area contributed by atoms with Gasteiger partial charge in [0.05, 0.1) is 17.6 Å². The van der Waals surface area contributed by atoms with Gasteiger partial charge in [-0.25, -0.2) is 4.98 Å². The molecule has 2 N–H and O–H groups in total. The number of anilines is 1. The van der Waals surface area contributed by atoms with Crippen LogP contribution in [0.5, 0.6) is 0 Å². The molecule has 0 atom stereocenters. The van der Waals surface area contributed by atoms with Gasteiger partial charge in [0.15, 0.2) is 0 Å². The molecule has 0 radical (unpaired) electrons. The highest BCUT2D eigenvalue weighted by atomic mass is 16.5. The number of fused-ring (bicyclic) bond motifs is 1. The van der Waals surface area contributed by atoms with Crippen LogP contribution in [0.4, 0.5) is 5.69 Å². The quantitative estimate of drug-likeness (QED) is 0.715. The Hall–Kier alpha value is -2.30. The number of nitrogen functional groups attached to an aromatic ring is 1. The molecule has 18 heavy (non-hydrogen) atoms. The molecule has 0 fully saturated rings. The third-order valence-corrected chi connectivity index (χ3v) is 2.98. The summed E-state index contributed by atoms with van der Waals surface area (Å²) in [5.74, 6) is 1.03. The molecule has 1 aromatic carbocycles. The smallest absolute Gasteiger partial charge is 0.124 e. The molecule has 0 saturated carbocycles. The van der Waals surface area contributed by atoms with Gasteiger partial charge >= 0.3 is 0 Å². The minimum Gasteiger partial charge on any atom is -0.399 e. The van der Waals surface area contributed by atoms with Crippen LogP contribution in [-0.2, 0) is 13.0 Å². The number of hydrogen-bond donors (Lipinski definition) is 1. The summed E-state index contributed by atoms with van der Waals surface area (Å²) in [6.45, 7) is 2.75. The Kier molecular flexibility index (Phi) is 2.51. The standard InChI is InChI=1S/C13H14N4O/c1-2-13-15-11-7-9(14)3-4-12(11)17(13)8-10-5-6-18-16-10/h3-7H,2,8,14H2,1H3. The fourth-order valence-electron chi connectivity index (χ4n) is 2.12. The molecule has 2 aromatic heterocycles. The number of aryl methyl sites for hydroxylation is 1. The first-order valence-electron chi connectivity index (χ1n) is 5.92. The second kappa shape index (κ2) is 4.18. The first-order chi connectivity index (χ1) is 8.78. The number of nitrogens with two attached hydrogens (primary N) is 1. The van der Waals surface area contributed by atoms with Crippen LogP contribution in [0.25, 0.3) is 11.0 Å². The Balaban J connectivity index is 2.13. The molecular formula is C13H14N4O. The first kappa shape index (κ1) is 10.8. The van der Waals surface area contributed by atoms with Crippen molar-refractivity contribution in [3.8, 4) is 0 Å². The summed E-state index contributed by atoms with van der Waals surface area (Å²) < 4.78 is 7.01. The molecule has 0 bridgehead atoms. The number of nitrogens with zero attached hydrogens (tertiary/aromatic N) is 3. The van der Waals surface area contributed by atoms with E-state index in [0.29, 0.717) is 6.54 Å². The fraction of sp³-hybridized carbons (Fsp3) is 0.231. The maximum Gasteiger partial charge on any atom is 0.124 e. The van der Waals surface area contributed by atoms with Crippen molar-refractivity contribution in [2.45, 2.75) is 19.9 Å². The second-order valence-electron chi connectivity index (χ2n) is 4.21. The minimum absolute atomic E-state index is 0.667. The largest absolute Gasteiger partial charge is 0.399 e. The average molecular weight is 242 g/mol. The number of rotatable bonds is 3. The molecule has 92 valence electrons. The summed E-state index contributed by atoms with van der Waals surface area (Å²) in [5, 5.41) is 3.94. The maximum absolute atomic E-state index is 5.78. The van der Waals surface area contributed by atoms with E-state index < -0.39 is 0 Å². The predicted molar refractivity (Wildman–Crippen MR) is 69.1 cm³/mol. The van der Waals surface area contributed by atoms with Crippen molar-refractivity contribution in [2.24, 2.45) is 0 Å². The molecule has 0 unspecified atom stereocenters. The normalized spacial score (nSPS) is 11.2. The van der Waals surface area contributed by atoms with Crippen molar-refractivity contribution in [3.63, 3.8) is 0 Å². The molecule has 0 aliphatic rings. The van der Waals surface area contributed by atoms with Gasteiger partial charge in [-0.15, -0.1) is 0 Å². The zero-order valence-electron chi connectivity index (χ0n) is 10.1. The van der Waals surface area contributed by atoms with Gasteiger partial charge in [0.2, 0.25) is 0 Å². The van der Waals surface area contributed by atoms with Crippen LogP contribution in [0.3, 0.4) is 0 Å². The summed E-state index contributed by atoms with van der Waals surface area (Å²) in [4.78, 5) is 4.60.